The van der Waals surface area contributed by atoms with Gasteiger partial charge in [-0.2, -0.15) is 0 Å². The summed E-state index contributed by atoms with van der Waals surface area (Å²) in [5, 5.41) is 7.09. The minimum atomic E-state index is 0.670. The van der Waals surface area contributed by atoms with Crippen molar-refractivity contribution in [2.45, 2.75) is 19.9 Å². The van der Waals surface area contributed by atoms with E-state index in [-0.39, 0.29) is 0 Å². The Balaban J connectivity index is 2.04. The van der Waals surface area contributed by atoms with Crippen molar-refractivity contribution in [1.82, 2.24) is 19.7 Å². The predicted octanol–water partition coefficient (Wildman–Crippen LogP) is 2.03. The number of hydrogen-bond donors (Lipinski definition) is 1. The van der Waals surface area contributed by atoms with Crippen molar-refractivity contribution < 1.29 is 0 Å². The number of aromatic amines is 1. The van der Waals surface area contributed by atoms with E-state index in [4.69, 9.17) is 12.2 Å². The highest BCUT2D eigenvalue weighted by molar-refractivity contribution is 7.71. The van der Waals surface area contributed by atoms with Crippen molar-refractivity contribution in [2.75, 3.05) is 18.5 Å². The largest absolute Gasteiger partial charge is 0.344 e. The molecule has 96 valence electrons. The molecule has 0 aliphatic carbocycles. The van der Waals surface area contributed by atoms with Gasteiger partial charge in [0.15, 0.2) is 4.77 Å². The molecule has 0 amide bonds. The van der Waals surface area contributed by atoms with Crippen LogP contribution in [0.5, 0.6) is 0 Å². The normalized spacial score (nSPS) is 10.6. The van der Waals surface area contributed by atoms with Gasteiger partial charge in [0, 0.05) is 32.5 Å². The topological polar surface area (TPSA) is 49.7 Å². The molecule has 0 unspecified atom stereocenters. The van der Waals surface area contributed by atoms with Crippen LogP contribution in [0.4, 0.5) is 5.95 Å². The minimum absolute atomic E-state index is 0.670. The first-order valence-corrected chi connectivity index (χ1v) is 6.38. The molecule has 0 bridgehead atoms. The summed E-state index contributed by atoms with van der Waals surface area (Å²) >= 11 is 5.18. The second-order valence-electron chi connectivity index (χ2n) is 4.10. The molecule has 2 aromatic rings. The number of aromatic nitrogens is 4. The van der Waals surface area contributed by atoms with Crippen LogP contribution in [0, 0.1) is 4.77 Å². The maximum Gasteiger partial charge on any atom is 0.225 e. The Hall–Kier alpha value is -1.69. The van der Waals surface area contributed by atoms with Gasteiger partial charge in [0.1, 0.15) is 0 Å². The summed E-state index contributed by atoms with van der Waals surface area (Å²) in [5.74, 6) is 0.886. The highest BCUT2D eigenvalue weighted by Gasteiger charge is 2.09. The first-order valence-electron chi connectivity index (χ1n) is 5.97. The highest BCUT2D eigenvalue weighted by atomic mass is 32.1. The average Bonchev–Trinajstić information content (AvgIpc) is 2.78. The van der Waals surface area contributed by atoms with Crippen LogP contribution in [0.25, 0.3) is 0 Å². The first-order chi connectivity index (χ1) is 8.72. The van der Waals surface area contributed by atoms with Crippen molar-refractivity contribution in [2.24, 2.45) is 0 Å². The number of pyridine rings is 1. The zero-order valence-electron chi connectivity index (χ0n) is 10.6. The Labute approximate surface area is 111 Å². The third-order valence-corrected chi connectivity index (χ3v) is 3.19. The van der Waals surface area contributed by atoms with Crippen LogP contribution < -0.4 is 4.90 Å². The molecule has 5 nitrogen and oxygen atoms in total. The molecule has 1 N–H and O–H groups in total. The van der Waals surface area contributed by atoms with Gasteiger partial charge in [-0.05, 0) is 43.3 Å². The third kappa shape index (κ3) is 2.76. The maximum atomic E-state index is 5.18. The van der Waals surface area contributed by atoms with Gasteiger partial charge in [0.05, 0.1) is 0 Å². The molecule has 18 heavy (non-hydrogen) atoms. The smallest absolute Gasteiger partial charge is 0.225 e. The van der Waals surface area contributed by atoms with Crippen molar-refractivity contribution in [3.63, 3.8) is 0 Å². The Morgan fingerprint density at radius 3 is 2.78 bits per heavy atom. The summed E-state index contributed by atoms with van der Waals surface area (Å²) in [5.41, 5.74) is 1.27. The fourth-order valence-electron chi connectivity index (χ4n) is 1.83. The number of likely N-dealkylation sites (N-methyl/N-ethyl adjacent to an activating group) is 1. The van der Waals surface area contributed by atoms with E-state index in [1.54, 1.807) is 0 Å². The molecule has 0 spiro atoms. The summed E-state index contributed by atoms with van der Waals surface area (Å²) in [4.78, 5) is 6.12. The summed E-state index contributed by atoms with van der Waals surface area (Å²) in [6.07, 6.45) is 4.59. The Kier molecular flexibility index (Phi) is 4.09. The zero-order chi connectivity index (χ0) is 13.0. The van der Waals surface area contributed by atoms with Crippen molar-refractivity contribution in [1.29, 1.82) is 0 Å². The van der Waals surface area contributed by atoms with Crippen molar-refractivity contribution >= 4 is 18.2 Å². The molecule has 2 heterocycles. The van der Waals surface area contributed by atoms with Crippen LogP contribution in [0.15, 0.2) is 24.5 Å². The van der Waals surface area contributed by atoms with Gasteiger partial charge in [-0.15, -0.1) is 5.10 Å². The van der Waals surface area contributed by atoms with Crippen LogP contribution in [0.3, 0.4) is 0 Å². The number of nitrogens with one attached hydrogen (secondary N) is 1. The van der Waals surface area contributed by atoms with Crippen LogP contribution >= 0.6 is 12.2 Å². The Bertz CT molecular complexity index is 545. The first kappa shape index (κ1) is 12.8. The van der Waals surface area contributed by atoms with Gasteiger partial charge in [-0.1, -0.05) is 0 Å². The Morgan fingerprint density at radius 2 is 2.11 bits per heavy atom. The van der Waals surface area contributed by atoms with Crippen molar-refractivity contribution in [3.8, 4) is 0 Å². The second kappa shape index (κ2) is 5.77. The van der Waals surface area contributed by atoms with Gasteiger partial charge in [0.2, 0.25) is 5.95 Å². The van der Waals surface area contributed by atoms with E-state index in [9.17, 15) is 0 Å². The molecule has 2 rings (SSSR count). The van der Waals surface area contributed by atoms with Crippen LogP contribution in [0.2, 0.25) is 0 Å². The average molecular weight is 263 g/mol. The fourth-order valence-corrected chi connectivity index (χ4v) is 2.09. The van der Waals surface area contributed by atoms with Gasteiger partial charge in [-0.25, -0.2) is 5.10 Å². The Morgan fingerprint density at radius 1 is 1.39 bits per heavy atom. The third-order valence-electron chi connectivity index (χ3n) is 2.88. The van der Waals surface area contributed by atoms with E-state index in [0.29, 0.717) is 4.77 Å². The summed E-state index contributed by atoms with van der Waals surface area (Å²) in [6, 6.07) is 4.07. The lowest BCUT2D eigenvalue weighted by Crippen LogP contribution is -2.24. The van der Waals surface area contributed by atoms with E-state index in [2.05, 4.69) is 27.0 Å². The lowest BCUT2D eigenvalue weighted by Gasteiger charge is -2.18. The molecule has 0 aliphatic rings. The molecular formula is C12H17N5S. The molecule has 0 aromatic carbocycles. The summed E-state index contributed by atoms with van der Waals surface area (Å²) in [7, 11) is 2.03. The minimum Gasteiger partial charge on any atom is -0.344 e. The van der Waals surface area contributed by atoms with Gasteiger partial charge < -0.3 is 4.90 Å². The molecule has 0 radical (unpaired) electrons. The lowest BCUT2D eigenvalue weighted by atomic mass is 10.2. The second-order valence-corrected chi connectivity index (χ2v) is 4.49. The quantitative estimate of drug-likeness (QED) is 0.839. The monoisotopic (exact) mass is 263 g/mol. The molecule has 0 saturated carbocycles. The van der Waals surface area contributed by atoms with E-state index in [0.717, 1.165) is 25.5 Å². The SMILES string of the molecule is CCn1c(N(C)CCc2ccncc2)n[nH]c1=S. The number of H-pyrrole nitrogens is 1. The van der Waals surface area contributed by atoms with E-state index >= 15 is 0 Å². The van der Waals surface area contributed by atoms with Crippen LogP contribution in [-0.2, 0) is 13.0 Å². The van der Waals surface area contributed by atoms with Crippen LogP contribution in [0.1, 0.15) is 12.5 Å². The molecule has 0 saturated heterocycles. The van der Waals surface area contributed by atoms with Gasteiger partial charge in [-0.3, -0.25) is 9.55 Å². The van der Waals surface area contributed by atoms with Gasteiger partial charge in [0.25, 0.3) is 0 Å². The zero-order valence-corrected chi connectivity index (χ0v) is 11.4. The number of nitrogens with zero attached hydrogens (tertiary/aromatic N) is 4. The van der Waals surface area contributed by atoms with E-state index < -0.39 is 0 Å². The molecule has 6 heteroatoms. The lowest BCUT2D eigenvalue weighted by molar-refractivity contribution is 0.714. The fraction of sp³-hybridized carbons (Fsp3) is 0.417. The number of rotatable bonds is 5. The van der Waals surface area contributed by atoms with Crippen molar-refractivity contribution in [3.05, 3.63) is 34.9 Å². The molecule has 0 fully saturated rings. The predicted molar refractivity (Wildman–Crippen MR) is 74.3 cm³/mol. The maximum absolute atomic E-state index is 5.18. The van der Waals surface area contributed by atoms with E-state index in [1.165, 1.54) is 5.56 Å². The van der Waals surface area contributed by atoms with Crippen LogP contribution in [-0.4, -0.2) is 33.3 Å². The summed E-state index contributed by atoms with van der Waals surface area (Å²) in [6.45, 7) is 3.78. The standard InChI is InChI=1S/C12H17N5S/c1-3-17-11(14-15-12(17)18)16(2)9-6-10-4-7-13-8-5-10/h4-5,7-8H,3,6,9H2,1-2H3,(H,15,18). The number of anilines is 1. The van der Waals surface area contributed by atoms with E-state index in [1.807, 2.05) is 36.1 Å². The molecule has 0 atom stereocenters. The number of hydrogen-bond acceptors (Lipinski definition) is 4. The summed E-state index contributed by atoms with van der Waals surface area (Å²) < 4.78 is 2.66. The highest BCUT2D eigenvalue weighted by Crippen LogP contribution is 2.10. The van der Waals surface area contributed by atoms with Gasteiger partial charge >= 0.3 is 0 Å². The molecular weight excluding hydrogens is 246 g/mol. The molecule has 0 aliphatic heterocycles. The molecule has 2 aromatic heterocycles.